The summed E-state index contributed by atoms with van der Waals surface area (Å²) < 4.78 is 0. The van der Waals surface area contributed by atoms with Gasteiger partial charge in [-0.05, 0) is 32.4 Å². The van der Waals surface area contributed by atoms with Gasteiger partial charge in [0, 0.05) is 11.3 Å². The first kappa shape index (κ1) is 10.6. The Balaban J connectivity index is 2.63. The number of aromatic amines is 1. The van der Waals surface area contributed by atoms with E-state index < -0.39 is 0 Å². The van der Waals surface area contributed by atoms with Gasteiger partial charge in [-0.25, -0.2) is 4.79 Å². The van der Waals surface area contributed by atoms with E-state index in [1.165, 1.54) is 5.56 Å². The van der Waals surface area contributed by atoms with Crippen LogP contribution >= 0.6 is 0 Å². The van der Waals surface area contributed by atoms with Crippen molar-refractivity contribution in [2.24, 2.45) is 0 Å². The summed E-state index contributed by atoms with van der Waals surface area (Å²) in [4.78, 5) is 17.9. The van der Waals surface area contributed by atoms with Gasteiger partial charge in [0.15, 0.2) is 0 Å². The number of benzene rings is 1. The van der Waals surface area contributed by atoms with Gasteiger partial charge < -0.3 is 4.98 Å². The zero-order valence-corrected chi connectivity index (χ0v) is 9.66. The van der Waals surface area contributed by atoms with E-state index in [4.69, 9.17) is 0 Å². The predicted octanol–water partition coefficient (Wildman–Crippen LogP) is 2.36. The monoisotopic (exact) mass is 214 g/mol. The van der Waals surface area contributed by atoms with Crippen LogP contribution in [0.2, 0.25) is 0 Å². The van der Waals surface area contributed by atoms with Crippen LogP contribution in [0, 0.1) is 20.8 Å². The van der Waals surface area contributed by atoms with Crippen LogP contribution < -0.4 is 5.69 Å². The predicted molar refractivity (Wildman–Crippen MR) is 64.5 cm³/mol. The maximum Gasteiger partial charge on any atom is 0.345 e. The van der Waals surface area contributed by atoms with Crippen LogP contribution in [-0.4, -0.2) is 9.97 Å². The van der Waals surface area contributed by atoms with Crippen molar-refractivity contribution in [3.63, 3.8) is 0 Å². The lowest BCUT2D eigenvalue weighted by atomic mass is 10.0. The molecule has 0 fully saturated rings. The van der Waals surface area contributed by atoms with E-state index in [0.29, 0.717) is 0 Å². The van der Waals surface area contributed by atoms with Crippen molar-refractivity contribution < 1.29 is 0 Å². The third kappa shape index (κ3) is 2.03. The molecule has 3 heteroatoms. The largest absolute Gasteiger partial charge is 0.345 e. The number of nitrogens with one attached hydrogen (secondary N) is 1. The van der Waals surface area contributed by atoms with Gasteiger partial charge in [-0.2, -0.15) is 4.98 Å². The maximum absolute atomic E-state index is 11.3. The second-order valence-corrected chi connectivity index (χ2v) is 4.07. The fourth-order valence-electron chi connectivity index (χ4n) is 1.82. The number of aromatic nitrogens is 2. The third-order valence-corrected chi connectivity index (χ3v) is 2.54. The van der Waals surface area contributed by atoms with E-state index in [-0.39, 0.29) is 5.69 Å². The van der Waals surface area contributed by atoms with Crippen LogP contribution in [0.5, 0.6) is 0 Å². The average Bonchev–Trinajstić information content (AvgIpc) is 2.15. The Morgan fingerprint density at radius 1 is 1.12 bits per heavy atom. The van der Waals surface area contributed by atoms with Gasteiger partial charge in [0.05, 0.1) is 5.69 Å². The Morgan fingerprint density at radius 2 is 1.88 bits per heavy atom. The zero-order chi connectivity index (χ0) is 11.7. The summed E-state index contributed by atoms with van der Waals surface area (Å²) in [6.45, 7) is 5.93. The Morgan fingerprint density at radius 3 is 2.50 bits per heavy atom. The Hall–Kier alpha value is -1.90. The summed E-state index contributed by atoms with van der Waals surface area (Å²) >= 11 is 0. The third-order valence-electron chi connectivity index (χ3n) is 2.54. The fraction of sp³-hybridized carbons (Fsp3) is 0.231. The molecule has 0 aliphatic rings. The summed E-state index contributed by atoms with van der Waals surface area (Å²) in [5, 5.41) is 0. The van der Waals surface area contributed by atoms with E-state index in [9.17, 15) is 4.79 Å². The highest BCUT2D eigenvalue weighted by Gasteiger charge is 2.04. The first-order valence-electron chi connectivity index (χ1n) is 5.22. The minimum absolute atomic E-state index is 0.296. The summed E-state index contributed by atoms with van der Waals surface area (Å²) in [6.07, 6.45) is 0. The first-order chi connectivity index (χ1) is 7.56. The molecular formula is C13H14N2O. The minimum Gasteiger partial charge on any atom is -0.310 e. The normalized spacial score (nSPS) is 10.4. The number of hydrogen-bond donors (Lipinski definition) is 1. The number of aryl methyl sites for hydroxylation is 3. The topological polar surface area (TPSA) is 45.8 Å². The number of H-pyrrole nitrogens is 1. The Labute approximate surface area is 94.2 Å². The van der Waals surface area contributed by atoms with Crippen molar-refractivity contribution in [2.45, 2.75) is 20.8 Å². The molecule has 0 aliphatic carbocycles. The molecule has 0 saturated carbocycles. The highest BCUT2D eigenvalue weighted by Crippen LogP contribution is 2.21. The van der Waals surface area contributed by atoms with Gasteiger partial charge in [0.1, 0.15) is 0 Å². The zero-order valence-electron chi connectivity index (χ0n) is 9.66. The van der Waals surface area contributed by atoms with Crippen molar-refractivity contribution in [1.82, 2.24) is 9.97 Å². The Kier molecular flexibility index (Phi) is 2.60. The molecule has 1 heterocycles. The van der Waals surface area contributed by atoms with Crippen LogP contribution in [0.15, 0.2) is 29.1 Å². The molecular weight excluding hydrogens is 200 g/mol. The van der Waals surface area contributed by atoms with E-state index >= 15 is 0 Å². The number of nitrogens with zero attached hydrogens (tertiary/aromatic N) is 1. The van der Waals surface area contributed by atoms with Gasteiger partial charge in [-0.15, -0.1) is 0 Å². The van der Waals surface area contributed by atoms with E-state index in [0.717, 1.165) is 22.5 Å². The highest BCUT2D eigenvalue weighted by molar-refractivity contribution is 5.63. The highest BCUT2D eigenvalue weighted by atomic mass is 16.1. The van der Waals surface area contributed by atoms with Crippen molar-refractivity contribution in [2.75, 3.05) is 0 Å². The van der Waals surface area contributed by atoms with Gasteiger partial charge in [0.25, 0.3) is 0 Å². The molecule has 0 aliphatic heterocycles. The molecule has 1 N–H and O–H groups in total. The SMILES string of the molecule is Cc1ccc(-c2cc(C)[nH]c(=O)n2)c(C)c1. The fourth-order valence-corrected chi connectivity index (χ4v) is 1.82. The maximum atomic E-state index is 11.3. The summed E-state index contributed by atoms with van der Waals surface area (Å²) in [5.74, 6) is 0. The van der Waals surface area contributed by atoms with Gasteiger partial charge in [0.2, 0.25) is 0 Å². The summed E-state index contributed by atoms with van der Waals surface area (Å²) in [6, 6.07) is 8.01. The van der Waals surface area contributed by atoms with Gasteiger partial charge in [-0.3, -0.25) is 0 Å². The van der Waals surface area contributed by atoms with Crippen LogP contribution in [-0.2, 0) is 0 Å². The van der Waals surface area contributed by atoms with Crippen molar-refractivity contribution in [3.8, 4) is 11.3 Å². The number of hydrogen-bond acceptors (Lipinski definition) is 2. The molecule has 2 rings (SSSR count). The van der Waals surface area contributed by atoms with Gasteiger partial charge in [-0.1, -0.05) is 23.8 Å². The van der Waals surface area contributed by atoms with Gasteiger partial charge >= 0.3 is 5.69 Å². The first-order valence-corrected chi connectivity index (χ1v) is 5.22. The molecule has 2 aromatic rings. The molecule has 1 aromatic heterocycles. The van der Waals surface area contributed by atoms with Crippen molar-refractivity contribution in [3.05, 3.63) is 51.6 Å². The van der Waals surface area contributed by atoms with Crippen LogP contribution in [0.1, 0.15) is 16.8 Å². The standard InChI is InChI=1S/C13H14N2O/c1-8-4-5-11(9(2)6-8)12-7-10(3)14-13(16)15-12/h4-7H,1-3H3,(H,14,15,16). The molecule has 0 unspecified atom stereocenters. The van der Waals surface area contributed by atoms with E-state index in [1.54, 1.807) is 0 Å². The quantitative estimate of drug-likeness (QED) is 0.792. The van der Waals surface area contributed by atoms with Crippen LogP contribution in [0.4, 0.5) is 0 Å². The van der Waals surface area contributed by atoms with E-state index in [2.05, 4.69) is 16.0 Å². The summed E-state index contributed by atoms with van der Waals surface area (Å²) in [7, 11) is 0. The average molecular weight is 214 g/mol. The lowest BCUT2D eigenvalue weighted by Gasteiger charge is -2.06. The minimum atomic E-state index is -0.296. The van der Waals surface area contributed by atoms with Crippen LogP contribution in [0.25, 0.3) is 11.3 Å². The molecule has 82 valence electrons. The molecule has 3 nitrogen and oxygen atoms in total. The molecule has 0 bridgehead atoms. The molecule has 0 saturated heterocycles. The molecule has 16 heavy (non-hydrogen) atoms. The second kappa shape index (κ2) is 3.93. The second-order valence-electron chi connectivity index (χ2n) is 4.07. The Bertz CT molecular complexity index is 585. The van der Waals surface area contributed by atoms with E-state index in [1.807, 2.05) is 39.0 Å². The van der Waals surface area contributed by atoms with Crippen molar-refractivity contribution >= 4 is 0 Å². The molecule has 0 amide bonds. The molecule has 0 atom stereocenters. The lowest BCUT2D eigenvalue weighted by Crippen LogP contribution is -2.12. The molecule has 1 aromatic carbocycles. The smallest absolute Gasteiger partial charge is 0.310 e. The lowest BCUT2D eigenvalue weighted by molar-refractivity contribution is 1.03. The number of rotatable bonds is 1. The van der Waals surface area contributed by atoms with Crippen LogP contribution in [0.3, 0.4) is 0 Å². The molecule has 0 radical (unpaired) electrons. The van der Waals surface area contributed by atoms with Crippen molar-refractivity contribution in [1.29, 1.82) is 0 Å². The summed E-state index contributed by atoms with van der Waals surface area (Å²) in [5.41, 5.74) is 4.63. The molecule has 0 spiro atoms.